The molecular weight excluding hydrogens is 817 g/mol. The SMILES string of the molecule is [2H]C1([2H])CCC([2H])([2H])c2c1ccnc2-c1[c-]ccc2c1sc1cc(-c3ccccc3)ccc12.[CH3][Ge]([CH3])([CH3])[c]1ccc(-c2[c-]cccc2)nc1.[Ir]. The maximum atomic E-state index is 8.66. The Morgan fingerprint density at radius 1 is 0.761 bits per heavy atom. The molecule has 8 rings (SSSR count). The van der Waals surface area contributed by atoms with Crippen LogP contribution in [0.25, 0.3) is 53.8 Å². The minimum Gasteiger partial charge on any atom is 0 e. The van der Waals surface area contributed by atoms with E-state index in [9.17, 15) is 0 Å². The Morgan fingerprint density at radius 2 is 1.59 bits per heavy atom. The van der Waals surface area contributed by atoms with Crippen LogP contribution < -0.4 is 4.40 Å². The van der Waals surface area contributed by atoms with Gasteiger partial charge in [0.2, 0.25) is 0 Å². The maximum Gasteiger partial charge on any atom is 0 e. The Kier molecular flexibility index (Phi) is 8.52. The molecular formula is C41H36GeIrN2S-2. The summed E-state index contributed by atoms with van der Waals surface area (Å²) < 4.78 is 37.8. The van der Waals surface area contributed by atoms with E-state index in [0.29, 0.717) is 16.8 Å². The molecule has 0 saturated heterocycles. The fourth-order valence-corrected chi connectivity index (χ4v) is 9.05. The number of aryl methyl sites for hydroxylation is 1. The Hall–Kier alpha value is -3.41. The molecule has 3 aromatic heterocycles. The van der Waals surface area contributed by atoms with Gasteiger partial charge < -0.3 is 4.98 Å². The molecule has 1 aliphatic rings. The van der Waals surface area contributed by atoms with Crippen molar-refractivity contribution in [1.29, 1.82) is 0 Å². The number of fused-ring (bicyclic) bond motifs is 4. The number of aromatic nitrogens is 2. The summed E-state index contributed by atoms with van der Waals surface area (Å²) >= 11 is -0.0607. The first kappa shape index (κ1) is 27.7. The van der Waals surface area contributed by atoms with Crippen molar-refractivity contribution in [3.8, 4) is 33.6 Å². The third kappa shape index (κ3) is 6.82. The summed E-state index contributed by atoms with van der Waals surface area (Å²) in [6.07, 6.45) is 0.718. The molecule has 231 valence electrons. The molecule has 7 aromatic rings. The molecule has 0 atom stereocenters. The monoisotopic (exact) mass is 859 g/mol. The van der Waals surface area contributed by atoms with E-state index >= 15 is 0 Å². The normalized spacial score (nSPS) is 16.1. The van der Waals surface area contributed by atoms with E-state index in [2.05, 4.69) is 81.8 Å². The topological polar surface area (TPSA) is 25.8 Å². The fraction of sp³-hybridized carbons (Fsp3) is 0.171. The molecule has 0 unspecified atom stereocenters. The molecule has 1 aliphatic carbocycles. The fourth-order valence-electron chi connectivity index (χ4n) is 5.64. The second kappa shape index (κ2) is 14.2. The number of rotatable bonds is 4. The van der Waals surface area contributed by atoms with Crippen molar-refractivity contribution in [3.63, 3.8) is 0 Å². The summed E-state index contributed by atoms with van der Waals surface area (Å²) in [5.74, 6) is 7.14. The number of benzene rings is 4. The Balaban J connectivity index is 0.000000215. The van der Waals surface area contributed by atoms with E-state index in [0.717, 1.165) is 48.1 Å². The first-order valence-electron chi connectivity index (χ1n) is 17.3. The van der Waals surface area contributed by atoms with E-state index in [1.807, 2.05) is 60.8 Å². The molecule has 0 amide bonds. The van der Waals surface area contributed by atoms with Crippen LogP contribution >= 0.6 is 11.3 Å². The van der Waals surface area contributed by atoms with Crippen LogP contribution in [0.5, 0.6) is 0 Å². The molecule has 0 spiro atoms. The molecule has 46 heavy (non-hydrogen) atoms. The zero-order valence-electron chi connectivity index (χ0n) is 30.0. The van der Waals surface area contributed by atoms with Crippen molar-refractivity contribution in [2.45, 2.75) is 42.9 Å². The molecule has 3 heterocycles. The van der Waals surface area contributed by atoms with Crippen LogP contribution in [-0.2, 0) is 32.9 Å². The molecule has 1 radical (unpaired) electrons. The van der Waals surface area contributed by atoms with Crippen molar-refractivity contribution in [1.82, 2.24) is 9.97 Å². The van der Waals surface area contributed by atoms with E-state index in [1.165, 1.54) is 4.40 Å². The van der Waals surface area contributed by atoms with Gasteiger partial charge in [-0.1, -0.05) is 59.0 Å². The molecule has 2 nitrogen and oxygen atoms in total. The quantitative estimate of drug-likeness (QED) is 0.130. The van der Waals surface area contributed by atoms with E-state index in [-0.39, 0.29) is 32.9 Å². The second-order valence-corrected chi connectivity index (χ2v) is 23.9. The van der Waals surface area contributed by atoms with Gasteiger partial charge in [-0.2, -0.15) is 11.3 Å². The number of pyridine rings is 2. The molecule has 0 saturated carbocycles. The largest absolute Gasteiger partial charge is 0 e. The van der Waals surface area contributed by atoms with E-state index < -0.39 is 26.0 Å². The Labute approximate surface area is 298 Å². The van der Waals surface area contributed by atoms with Gasteiger partial charge in [-0.05, 0) is 64.6 Å². The van der Waals surface area contributed by atoms with E-state index in [4.69, 9.17) is 5.48 Å². The predicted molar refractivity (Wildman–Crippen MR) is 195 cm³/mol. The number of hydrogen-bond donors (Lipinski definition) is 0. The third-order valence-corrected chi connectivity index (χ3v) is 13.5. The zero-order valence-corrected chi connectivity index (χ0v) is 31.3. The molecule has 4 aromatic carbocycles. The molecule has 5 heteroatoms. The Bertz CT molecular complexity index is 2270. The summed E-state index contributed by atoms with van der Waals surface area (Å²) in [6.45, 7) is 0. The maximum absolute atomic E-state index is 8.66. The molecule has 0 bridgehead atoms. The molecule has 0 N–H and O–H groups in total. The Morgan fingerprint density at radius 3 is 2.35 bits per heavy atom. The van der Waals surface area contributed by atoms with Crippen LogP contribution in [0.1, 0.15) is 29.5 Å². The number of nitrogens with zero attached hydrogens (tertiary/aromatic N) is 2. The van der Waals surface area contributed by atoms with Gasteiger partial charge in [0.05, 0.1) is 0 Å². The second-order valence-electron chi connectivity index (χ2n) is 12.2. The van der Waals surface area contributed by atoms with Crippen LogP contribution in [0, 0.1) is 12.1 Å². The third-order valence-electron chi connectivity index (χ3n) is 8.08. The summed E-state index contributed by atoms with van der Waals surface area (Å²) in [5, 5.41) is 2.23. The van der Waals surface area contributed by atoms with Crippen molar-refractivity contribution < 1.29 is 25.6 Å². The first-order chi connectivity index (χ1) is 23.4. The summed E-state index contributed by atoms with van der Waals surface area (Å²) in [5.41, 5.74) is 6.41. The molecule has 0 aliphatic heterocycles. The molecule has 0 fully saturated rings. The smallest absolute Gasteiger partial charge is 0 e. The predicted octanol–water partition coefficient (Wildman–Crippen LogP) is 10.6. The van der Waals surface area contributed by atoms with Crippen LogP contribution in [0.15, 0.2) is 116 Å². The summed E-state index contributed by atoms with van der Waals surface area (Å²) in [6, 6.07) is 41.1. The van der Waals surface area contributed by atoms with Crippen molar-refractivity contribution in [3.05, 3.63) is 139 Å². The first-order valence-corrected chi connectivity index (χ1v) is 23.4. The van der Waals surface area contributed by atoms with Crippen LogP contribution in [0.3, 0.4) is 0 Å². The van der Waals surface area contributed by atoms with Gasteiger partial charge in [0.15, 0.2) is 0 Å². The van der Waals surface area contributed by atoms with E-state index in [1.54, 1.807) is 23.6 Å². The van der Waals surface area contributed by atoms with Crippen molar-refractivity contribution >= 4 is 49.2 Å². The average molecular weight is 858 g/mol. The van der Waals surface area contributed by atoms with Crippen LogP contribution in [0.2, 0.25) is 17.3 Å². The summed E-state index contributed by atoms with van der Waals surface area (Å²) in [7, 11) is 0. The van der Waals surface area contributed by atoms with Gasteiger partial charge in [-0.15, -0.1) is 23.8 Å². The zero-order chi connectivity index (χ0) is 34.4. The number of thiophene rings is 1. The summed E-state index contributed by atoms with van der Waals surface area (Å²) in [4.78, 5) is 9.11. The van der Waals surface area contributed by atoms with Gasteiger partial charge in [0.25, 0.3) is 0 Å². The minimum absolute atomic E-state index is 0. The van der Waals surface area contributed by atoms with Gasteiger partial charge in [-0.25, -0.2) is 0 Å². The standard InChI is InChI=1S/C27H20NS.C14H16GeN.Ir/c1-2-7-18(8-3-1)20-13-14-22-23-11-6-12-24(27(23)29-25(22)17-20)26-21-10-5-4-9-19(21)15-16-28-26;1-15(2,3)13-9-10-14(16-11-13)12-7-5-4-6-8-12;/h1-3,6-8,11,13-17H,4-5,9-10H2;4-7,9-11H,1-3H3;/q2*-1;/i9D2,10D2;;. The average Bonchev–Trinajstić information content (AvgIpc) is 3.49. The van der Waals surface area contributed by atoms with Gasteiger partial charge in [0.1, 0.15) is 0 Å². The van der Waals surface area contributed by atoms with Crippen LogP contribution in [-0.4, -0.2) is 23.2 Å². The van der Waals surface area contributed by atoms with Crippen molar-refractivity contribution in [2.24, 2.45) is 0 Å². The minimum atomic E-state index is -1.72. The van der Waals surface area contributed by atoms with Gasteiger partial charge in [-0.3, -0.25) is 0 Å². The van der Waals surface area contributed by atoms with Gasteiger partial charge >= 0.3 is 99.8 Å². The van der Waals surface area contributed by atoms with Crippen LogP contribution in [0.4, 0.5) is 0 Å². The van der Waals surface area contributed by atoms with Gasteiger partial charge in [0, 0.05) is 36.5 Å². The van der Waals surface area contributed by atoms with Crippen molar-refractivity contribution in [2.75, 3.05) is 0 Å². The number of hydrogen-bond acceptors (Lipinski definition) is 3.